The molecule has 0 amide bonds. The van der Waals surface area contributed by atoms with Crippen LogP contribution in [0.1, 0.15) is 5.56 Å². The van der Waals surface area contributed by atoms with Crippen molar-refractivity contribution in [3.8, 4) is 16.9 Å². The summed E-state index contributed by atoms with van der Waals surface area (Å²) in [6, 6.07) is 13.4. The van der Waals surface area contributed by atoms with Crippen molar-refractivity contribution in [3.05, 3.63) is 48.0 Å². The molecule has 0 aliphatic heterocycles. The molecule has 0 bridgehead atoms. The van der Waals surface area contributed by atoms with Crippen molar-refractivity contribution < 1.29 is 14.3 Å². The van der Waals surface area contributed by atoms with Crippen molar-refractivity contribution in [2.75, 3.05) is 20.0 Å². The molecule has 0 saturated carbocycles. The Balaban J connectivity index is 2.23. The van der Waals surface area contributed by atoms with E-state index in [1.165, 1.54) is 7.11 Å². The van der Waals surface area contributed by atoms with E-state index in [4.69, 9.17) is 10.5 Å². The van der Waals surface area contributed by atoms with Crippen LogP contribution in [0.3, 0.4) is 0 Å². The van der Waals surface area contributed by atoms with Crippen LogP contribution < -0.4 is 10.5 Å². The summed E-state index contributed by atoms with van der Waals surface area (Å²) in [4.78, 5) is 11.2. The third kappa shape index (κ3) is 3.09. The van der Waals surface area contributed by atoms with Gasteiger partial charge in [0.25, 0.3) is 0 Å². The van der Waals surface area contributed by atoms with Crippen LogP contribution in [-0.2, 0) is 16.0 Å². The van der Waals surface area contributed by atoms with Crippen molar-refractivity contribution >= 4 is 11.7 Å². The van der Waals surface area contributed by atoms with Gasteiger partial charge in [-0.2, -0.15) is 0 Å². The quantitative estimate of drug-likeness (QED) is 0.686. The third-order valence-corrected chi connectivity index (χ3v) is 3.10. The Labute approximate surface area is 118 Å². The van der Waals surface area contributed by atoms with Crippen molar-refractivity contribution in [1.82, 2.24) is 0 Å². The zero-order valence-corrected chi connectivity index (χ0v) is 11.6. The second-order valence-corrected chi connectivity index (χ2v) is 4.41. The number of benzene rings is 2. The van der Waals surface area contributed by atoms with Gasteiger partial charge in [-0.25, -0.2) is 0 Å². The molecular formula is C16H17NO3. The van der Waals surface area contributed by atoms with E-state index in [-0.39, 0.29) is 12.4 Å². The zero-order valence-electron chi connectivity index (χ0n) is 11.6. The van der Waals surface area contributed by atoms with Crippen LogP contribution in [0.5, 0.6) is 5.75 Å². The van der Waals surface area contributed by atoms with E-state index in [0.717, 1.165) is 16.7 Å². The molecule has 0 saturated heterocycles. The predicted molar refractivity (Wildman–Crippen MR) is 78.6 cm³/mol. The van der Waals surface area contributed by atoms with Gasteiger partial charge in [0.15, 0.2) is 0 Å². The highest BCUT2D eigenvalue weighted by Gasteiger charge is 2.05. The Morgan fingerprint density at radius 2 is 1.70 bits per heavy atom. The number of carbonyl (C=O) groups is 1. The van der Waals surface area contributed by atoms with Crippen LogP contribution in [0.15, 0.2) is 42.5 Å². The molecular weight excluding hydrogens is 254 g/mol. The summed E-state index contributed by atoms with van der Waals surface area (Å²) in [6.45, 7) is 0. The summed E-state index contributed by atoms with van der Waals surface area (Å²) in [5, 5.41) is 0. The standard InChI is InChI=1S/C16H17NO3/c1-19-15-10-13(7-8-14(15)17)12-5-3-11(4-6-12)9-16(18)20-2/h3-8,10H,9,17H2,1-2H3. The lowest BCUT2D eigenvalue weighted by Gasteiger charge is -2.08. The van der Waals surface area contributed by atoms with E-state index in [2.05, 4.69) is 4.74 Å². The van der Waals surface area contributed by atoms with Crippen LogP contribution >= 0.6 is 0 Å². The minimum Gasteiger partial charge on any atom is -0.495 e. The highest BCUT2D eigenvalue weighted by Crippen LogP contribution is 2.28. The number of hydrogen-bond donors (Lipinski definition) is 1. The predicted octanol–water partition coefficient (Wildman–Crippen LogP) is 2.66. The van der Waals surface area contributed by atoms with E-state index in [9.17, 15) is 4.79 Å². The van der Waals surface area contributed by atoms with Crippen LogP contribution in [-0.4, -0.2) is 20.2 Å². The zero-order chi connectivity index (χ0) is 14.5. The maximum absolute atomic E-state index is 11.2. The molecule has 0 spiro atoms. The van der Waals surface area contributed by atoms with E-state index in [0.29, 0.717) is 11.4 Å². The maximum atomic E-state index is 11.2. The highest BCUT2D eigenvalue weighted by atomic mass is 16.5. The van der Waals surface area contributed by atoms with Crippen molar-refractivity contribution in [3.63, 3.8) is 0 Å². The van der Waals surface area contributed by atoms with E-state index < -0.39 is 0 Å². The molecule has 104 valence electrons. The third-order valence-electron chi connectivity index (χ3n) is 3.10. The van der Waals surface area contributed by atoms with Gasteiger partial charge in [0, 0.05) is 0 Å². The SMILES string of the molecule is COC(=O)Cc1ccc(-c2ccc(N)c(OC)c2)cc1. The summed E-state index contributed by atoms with van der Waals surface area (Å²) < 4.78 is 9.85. The molecule has 2 aromatic rings. The molecule has 2 aromatic carbocycles. The molecule has 2 N–H and O–H groups in total. The fourth-order valence-corrected chi connectivity index (χ4v) is 1.94. The van der Waals surface area contributed by atoms with Gasteiger partial charge in [-0.1, -0.05) is 30.3 Å². The number of anilines is 1. The van der Waals surface area contributed by atoms with Gasteiger partial charge in [0.1, 0.15) is 5.75 Å². The van der Waals surface area contributed by atoms with Crippen LogP contribution in [0, 0.1) is 0 Å². The Morgan fingerprint density at radius 1 is 1.05 bits per heavy atom. The first-order valence-corrected chi connectivity index (χ1v) is 6.23. The largest absolute Gasteiger partial charge is 0.495 e. The molecule has 0 atom stereocenters. The minimum atomic E-state index is -0.244. The van der Waals surface area contributed by atoms with Gasteiger partial charge in [0.05, 0.1) is 26.3 Å². The molecule has 4 heteroatoms. The number of carbonyl (C=O) groups excluding carboxylic acids is 1. The second-order valence-electron chi connectivity index (χ2n) is 4.41. The lowest BCUT2D eigenvalue weighted by Crippen LogP contribution is -2.04. The van der Waals surface area contributed by atoms with Crippen LogP contribution in [0.4, 0.5) is 5.69 Å². The number of nitrogen functional groups attached to an aromatic ring is 1. The Morgan fingerprint density at radius 3 is 2.30 bits per heavy atom. The summed E-state index contributed by atoms with van der Waals surface area (Å²) >= 11 is 0. The average molecular weight is 271 g/mol. The summed E-state index contributed by atoms with van der Waals surface area (Å²) in [6.07, 6.45) is 0.280. The monoisotopic (exact) mass is 271 g/mol. The fraction of sp³-hybridized carbons (Fsp3) is 0.188. The second kappa shape index (κ2) is 6.10. The minimum absolute atomic E-state index is 0.244. The van der Waals surface area contributed by atoms with E-state index in [1.54, 1.807) is 7.11 Å². The summed E-state index contributed by atoms with van der Waals surface area (Å²) in [5.41, 5.74) is 9.38. The van der Waals surface area contributed by atoms with Crippen molar-refractivity contribution in [2.45, 2.75) is 6.42 Å². The number of rotatable bonds is 4. The topological polar surface area (TPSA) is 61.5 Å². The van der Waals surface area contributed by atoms with Gasteiger partial charge in [-0.15, -0.1) is 0 Å². The molecule has 0 fully saturated rings. The van der Waals surface area contributed by atoms with E-state index >= 15 is 0 Å². The number of esters is 1. The molecule has 0 heterocycles. The number of ether oxygens (including phenoxy) is 2. The molecule has 0 aromatic heterocycles. The van der Waals surface area contributed by atoms with Crippen LogP contribution in [0.25, 0.3) is 11.1 Å². The lowest BCUT2D eigenvalue weighted by molar-refractivity contribution is -0.139. The molecule has 0 unspecified atom stereocenters. The number of nitrogens with two attached hydrogens (primary N) is 1. The molecule has 0 aliphatic carbocycles. The Kier molecular flexibility index (Phi) is 4.25. The maximum Gasteiger partial charge on any atom is 0.309 e. The van der Waals surface area contributed by atoms with Crippen molar-refractivity contribution in [2.24, 2.45) is 0 Å². The summed E-state index contributed by atoms with van der Waals surface area (Å²) in [5.74, 6) is 0.410. The average Bonchev–Trinajstić information content (AvgIpc) is 2.48. The van der Waals surface area contributed by atoms with Gasteiger partial charge < -0.3 is 15.2 Å². The molecule has 20 heavy (non-hydrogen) atoms. The summed E-state index contributed by atoms with van der Waals surface area (Å²) in [7, 11) is 2.98. The molecule has 0 aliphatic rings. The Hall–Kier alpha value is -2.49. The number of hydrogen-bond acceptors (Lipinski definition) is 4. The first-order valence-electron chi connectivity index (χ1n) is 6.23. The van der Waals surface area contributed by atoms with Crippen molar-refractivity contribution in [1.29, 1.82) is 0 Å². The van der Waals surface area contributed by atoms with Gasteiger partial charge >= 0.3 is 5.97 Å². The molecule has 0 radical (unpaired) electrons. The van der Waals surface area contributed by atoms with E-state index in [1.807, 2.05) is 42.5 Å². The highest BCUT2D eigenvalue weighted by molar-refractivity contribution is 5.74. The smallest absolute Gasteiger partial charge is 0.309 e. The number of methoxy groups -OCH3 is 2. The van der Waals surface area contributed by atoms with Crippen LogP contribution in [0.2, 0.25) is 0 Å². The lowest BCUT2D eigenvalue weighted by atomic mass is 10.0. The molecule has 2 rings (SSSR count). The van der Waals surface area contributed by atoms with Gasteiger partial charge in [0.2, 0.25) is 0 Å². The molecule has 4 nitrogen and oxygen atoms in total. The Bertz CT molecular complexity index is 606. The first-order chi connectivity index (χ1) is 9.63. The van der Waals surface area contributed by atoms with Gasteiger partial charge in [-0.05, 0) is 28.8 Å². The normalized spacial score (nSPS) is 10.1. The first kappa shape index (κ1) is 13.9. The van der Waals surface area contributed by atoms with Gasteiger partial charge in [-0.3, -0.25) is 4.79 Å². The fourth-order valence-electron chi connectivity index (χ4n) is 1.94.